The number of nitrogens with two attached hydrogens (primary N) is 1. The molecule has 1 saturated carbocycles. The van der Waals surface area contributed by atoms with Crippen LogP contribution in [0, 0.1) is 5.92 Å². The predicted octanol–water partition coefficient (Wildman–Crippen LogP) is 1.63. The van der Waals surface area contributed by atoms with E-state index in [0.717, 1.165) is 17.3 Å². The molecule has 0 bridgehead atoms. The number of β-amino-alcohol motifs (C(OH)–C–C–N with tert-alkyl or cyclic N) is 1. The second kappa shape index (κ2) is 3.96. The minimum absolute atomic E-state index is 0.0617. The van der Waals surface area contributed by atoms with Gasteiger partial charge in [0.05, 0.1) is 13.1 Å². The Morgan fingerprint density at radius 3 is 2.61 bits per heavy atom. The van der Waals surface area contributed by atoms with Crippen LogP contribution >= 0.6 is 15.9 Å². The average Bonchev–Trinajstić information content (AvgIpc) is 3.06. The number of amides is 1. The van der Waals surface area contributed by atoms with E-state index < -0.39 is 5.60 Å². The summed E-state index contributed by atoms with van der Waals surface area (Å²) in [6, 6.07) is 5.18. The van der Waals surface area contributed by atoms with Gasteiger partial charge < -0.3 is 15.7 Å². The number of rotatable bonds is 2. The number of likely N-dealkylation sites (tertiary alicyclic amines) is 1. The van der Waals surface area contributed by atoms with Gasteiger partial charge in [0, 0.05) is 15.7 Å². The fourth-order valence-electron chi connectivity index (χ4n) is 2.56. The molecule has 1 aliphatic carbocycles. The van der Waals surface area contributed by atoms with E-state index in [1.165, 1.54) is 0 Å². The zero-order valence-electron chi connectivity index (χ0n) is 9.90. The van der Waals surface area contributed by atoms with Crippen molar-refractivity contribution < 1.29 is 9.90 Å². The monoisotopic (exact) mass is 310 g/mol. The molecule has 5 heteroatoms. The molecule has 2 fully saturated rings. The lowest BCUT2D eigenvalue weighted by Gasteiger charge is -2.47. The van der Waals surface area contributed by atoms with E-state index in [-0.39, 0.29) is 5.91 Å². The van der Waals surface area contributed by atoms with Gasteiger partial charge in [0.1, 0.15) is 5.60 Å². The minimum Gasteiger partial charge on any atom is -0.399 e. The van der Waals surface area contributed by atoms with Crippen molar-refractivity contribution in [2.24, 2.45) is 5.92 Å². The van der Waals surface area contributed by atoms with E-state index in [0.29, 0.717) is 30.3 Å². The summed E-state index contributed by atoms with van der Waals surface area (Å²) in [4.78, 5) is 13.9. The first-order chi connectivity index (χ1) is 8.48. The van der Waals surface area contributed by atoms with E-state index in [9.17, 15) is 9.90 Å². The van der Waals surface area contributed by atoms with Crippen LogP contribution in [0.3, 0.4) is 0 Å². The maximum absolute atomic E-state index is 12.2. The van der Waals surface area contributed by atoms with Crippen LogP contribution in [0.15, 0.2) is 22.7 Å². The normalized spacial score (nSPS) is 21.6. The van der Waals surface area contributed by atoms with Crippen LogP contribution in [0.25, 0.3) is 0 Å². The van der Waals surface area contributed by atoms with Gasteiger partial charge in [-0.2, -0.15) is 0 Å². The molecule has 1 heterocycles. The molecule has 1 saturated heterocycles. The van der Waals surface area contributed by atoms with Gasteiger partial charge in [-0.1, -0.05) is 15.9 Å². The van der Waals surface area contributed by atoms with Crippen molar-refractivity contribution in [3.8, 4) is 0 Å². The maximum atomic E-state index is 12.2. The summed E-state index contributed by atoms with van der Waals surface area (Å²) in [6.07, 6.45) is 2.17. The number of anilines is 1. The third-order valence-corrected chi connectivity index (χ3v) is 4.18. The number of nitrogen functional groups attached to an aromatic ring is 1. The second-order valence-electron chi connectivity index (χ2n) is 5.31. The van der Waals surface area contributed by atoms with E-state index in [4.69, 9.17) is 5.73 Å². The summed E-state index contributed by atoms with van der Waals surface area (Å²) in [5.74, 6) is 0.336. The lowest BCUT2D eigenvalue weighted by atomic mass is 9.88. The quantitative estimate of drug-likeness (QED) is 0.816. The van der Waals surface area contributed by atoms with Gasteiger partial charge in [-0.05, 0) is 37.0 Å². The number of carbonyl (C=O) groups excluding carboxylic acids is 1. The Morgan fingerprint density at radius 1 is 1.39 bits per heavy atom. The number of hydrogen-bond acceptors (Lipinski definition) is 3. The lowest BCUT2D eigenvalue weighted by molar-refractivity contribution is -0.0958. The molecule has 4 nitrogen and oxygen atoms in total. The molecule has 1 aliphatic heterocycles. The smallest absolute Gasteiger partial charge is 0.254 e. The van der Waals surface area contributed by atoms with Crippen LogP contribution < -0.4 is 5.73 Å². The van der Waals surface area contributed by atoms with Crippen LogP contribution in [-0.4, -0.2) is 34.6 Å². The first kappa shape index (κ1) is 12.0. The summed E-state index contributed by atoms with van der Waals surface area (Å²) >= 11 is 3.33. The molecule has 96 valence electrons. The standard InChI is InChI=1S/C13H15BrN2O2/c14-10-3-8(4-11(15)5-10)12(17)16-6-13(18,7-16)9-1-2-9/h3-5,9,18H,1-2,6-7,15H2. The first-order valence-corrected chi connectivity index (χ1v) is 6.85. The molecular weight excluding hydrogens is 296 g/mol. The fourth-order valence-corrected chi connectivity index (χ4v) is 3.07. The Balaban J connectivity index is 1.72. The number of carbonyl (C=O) groups is 1. The third-order valence-electron chi connectivity index (χ3n) is 3.72. The molecule has 0 unspecified atom stereocenters. The second-order valence-corrected chi connectivity index (χ2v) is 6.23. The van der Waals surface area contributed by atoms with Gasteiger partial charge in [0.2, 0.25) is 0 Å². The highest BCUT2D eigenvalue weighted by molar-refractivity contribution is 9.10. The minimum atomic E-state index is -0.632. The molecule has 2 aliphatic rings. The Hall–Kier alpha value is -1.07. The Morgan fingerprint density at radius 2 is 2.06 bits per heavy atom. The first-order valence-electron chi connectivity index (χ1n) is 6.06. The zero-order valence-corrected chi connectivity index (χ0v) is 11.5. The Kier molecular flexibility index (Phi) is 2.64. The van der Waals surface area contributed by atoms with Gasteiger partial charge in [-0.25, -0.2) is 0 Å². The van der Waals surface area contributed by atoms with E-state index >= 15 is 0 Å². The van der Waals surface area contributed by atoms with E-state index in [1.807, 2.05) is 0 Å². The Labute approximate surface area is 114 Å². The van der Waals surface area contributed by atoms with Gasteiger partial charge in [0.15, 0.2) is 0 Å². The summed E-state index contributed by atoms with van der Waals surface area (Å²) in [7, 11) is 0. The predicted molar refractivity (Wildman–Crippen MR) is 72.1 cm³/mol. The van der Waals surface area contributed by atoms with Crippen LogP contribution in [0.4, 0.5) is 5.69 Å². The van der Waals surface area contributed by atoms with Gasteiger partial charge in [0.25, 0.3) is 5.91 Å². The van der Waals surface area contributed by atoms with E-state index in [1.54, 1.807) is 23.1 Å². The maximum Gasteiger partial charge on any atom is 0.254 e. The fraction of sp³-hybridized carbons (Fsp3) is 0.462. The molecule has 18 heavy (non-hydrogen) atoms. The highest BCUT2D eigenvalue weighted by atomic mass is 79.9. The van der Waals surface area contributed by atoms with Crippen LogP contribution in [-0.2, 0) is 0 Å². The summed E-state index contributed by atoms with van der Waals surface area (Å²) in [5, 5.41) is 10.2. The highest BCUT2D eigenvalue weighted by Crippen LogP contribution is 2.44. The summed E-state index contributed by atoms with van der Waals surface area (Å²) in [5.41, 5.74) is 6.22. The average molecular weight is 311 g/mol. The van der Waals surface area contributed by atoms with Crippen molar-refractivity contribution in [2.45, 2.75) is 18.4 Å². The van der Waals surface area contributed by atoms with Crippen molar-refractivity contribution in [2.75, 3.05) is 18.8 Å². The molecule has 3 rings (SSSR count). The van der Waals surface area contributed by atoms with Gasteiger partial charge in [-0.3, -0.25) is 4.79 Å². The van der Waals surface area contributed by atoms with Crippen LogP contribution in [0.2, 0.25) is 0 Å². The molecule has 0 aromatic heterocycles. The van der Waals surface area contributed by atoms with Crippen molar-refractivity contribution in [1.29, 1.82) is 0 Å². The number of benzene rings is 1. The Bertz CT molecular complexity index is 487. The van der Waals surface area contributed by atoms with E-state index in [2.05, 4.69) is 15.9 Å². The molecular formula is C13H15BrN2O2. The summed E-state index contributed by atoms with van der Waals surface area (Å²) < 4.78 is 0.795. The molecule has 0 spiro atoms. The van der Waals surface area contributed by atoms with Gasteiger partial charge in [-0.15, -0.1) is 0 Å². The largest absolute Gasteiger partial charge is 0.399 e. The molecule has 1 aromatic rings. The SMILES string of the molecule is Nc1cc(Br)cc(C(=O)N2CC(O)(C3CC3)C2)c1. The third kappa shape index (κ3) is 2.01. The summed E-state index contributed by atoms with van der Waals surface area (Å²) in [6.45, 7) is 0.895. The molecule has 0 radical (unpaired) electrons. The molecule has 1 amide bonds. The van der Waals surface area contributed by atoms with Crippen molar-refractivity contribution in [3.63, 3.8) is 0 Å². The number of aliphatic hydroxyl groups is 1. The highest BCUT2D eigenvalue weighted by Gasteiger charge is 2.53. The van der Waals surface area contributed by atoms with Crippen LogP contribution in [0.1, 0.15) is 23.2 Å². The van der Waals surface area contributed by atoms with Crippen molar-refractivity contribution in [3.05, 3.63) is 28.2 Å². The number of hydrogen-bond donors (Lipinski definition) is 2. The molecule has 0 atom stereocenters. The number of halogens is 1. The zero-order chi connectivity index (χ0) is 12.9. The molecule has 3 N–H and O–H groups in total. The number of nitrogens with zero attached hydrogens (tertiary/aromatic N) is 1. The van der Waals surface area contributed by atoms with Gasteiger partial charge >= 0.3 is 0 Å². The topological polar surface area (TPSA) is 66.6 Å². The lowest BCUT2D eigenvalue weighted by Crippen LogP contribution is -2.64. The van der Waals surface area contributed by atoms with Crippen molar-refractivity contribution >= 4 is 27.5 Å². The van der Waals surface area contributed by atoms with Crippen LogP contribution in [0.5, 0.6) is 0 Å². The molecule has 1 aromatic carbocycles. The van der Waals surface area contributed by atoms with Crippen molar-refractivity contribution in [1.82, 2.24) is 4.90 Å².